The van der Waals surface area contributed by atoms with E-state index in [1.165, 1.54) is 19.2 Å². The predicted molar refractivity (Wildman–Crippen MR) is 55.2 cm³/mol. The number of halogens is 1. The SMILES string of the molecule is COc1ccc(F)cc1[C@@](C)(O)C1CC1. The van der Waals surface area contributed by atoms with Gasteiger partial charge < -0.3 is 9.84 Å². The van der Waals surface area contributed by atoms with Gasteiger partial charge in [-0.2, -0.15) is 0 Å². The van der Waals surface area contributed by atoms with Crippen LogP contribution in [0.3, 0.4) is 0 Å². The average molecular weight is 210 g/mol. The lowest BCUT2D eigenvalue weighted by Gasteiger charge is -2.25. The zero-order valence-electron chi connectivity index (χ0n) is 8.96. The molecule has 0 radical (unpaired) electrons. The van der Waals surface area contributed by atoms with Gasteiger partial charge in [-0.05, 0) is 43.9 Å². The summed E-state index contributed by atoms with van der Waals surface area (Å²) in [7, 11) is 1.53. The molecule has 0 amide bonds. The molecular weight excluding hydrogens is 195 g/mol. The first-order valence-corrected chi connectivity index (χ1v) is 5.12. The van der Waals surface area contributed by atoms with Crippen molar-refractivity contribution in [2.75, 3.05) is 7.11 Å². The first-order chi connectivity index (χ1) is 7.05. The Hall–Kier alpha value is -1.09. The maximum Gasteiger partial charge on any atom is 0.125 e. The summed E-state index contributed by atoms with van der Waals surface area (Å²) in [6, 6.07) is 4.25. The molecule has 2 nitrogen and oxygen atoms in total. The minimum absolute atomic E-state index is 0.230. The van der Waals surface area contributed by atoms with Crippen LogP contribution in [0, 0.1) is 11.7 Å². The molecule has 0 aromatic heterocycles. The van der Waals surface area contributed by atoms with Gasteiger partial charge in [-0.15, -0.1) is 0 Å². The monoisotopic (exact) mass is 210 g/mol. The van der Waals surface area contributed by atoms with Crippen molar-refractivity contribution in [3.8, 4) is 5.75 Å². The smallest absolute Gasteiger partial charge is 0.125 e. The summed E-state index contributed by atoms with van der Waals surface area (Å²) < 4.78 is 18.3. The molecule has 1 aliphatic carbocycles. The summed E-state index contributed by atoms with van der Waals surface area (Å²) in [5, 5.41) is 10.3. The maximum absolute atomic E-state index is 13.1. The summed E-state index contributed by atoms with van der Waals surface area (Å²) in [4.78, 5) is 0. The van der Waals surface area contributed by atoms with Gasteiger partial charge in [0.2, 0.25) is 0 Å². The fraction of sp³-hybridized carbons (Fsp3) is 0.500. The zero-order valence-corrected chi connectivity index (χ0v) is 8.96. The Morgan fingerprint density at radius 3 is 2.67 bits per heavy atom. The lowest BCUT2D eigenvalue weighted by molar-refractivity contribution is 0.0304. The molecule has 3 heteroatoms. The molecule has 2 rings (SSSR count). The van der Waals surface area contributed by atoms with Crippen molar-refractivity contribution >= 4 is 0 Å². The van der Waals surface area contributed by atoms with Crippen LogP contribution in [0.25, 0.3) is 0 Å². The molecular formula is C12H15FO2. The first-order valence-electron chi connectivity index (χ1n) is 5.12. The van der Waals surface area contributed by atoms with E-state index in [0.29, 0.717) is 11.3 Å². The van der Waals surface area contributed by atoms with Crippen molar-refractivity contribution < 1.29 is 14.2 Å². The van der Waals surface area contributed by atoms with Crippen LogP contribution in [0.2, 0.25) is 0 Å². The molecule has 0 aliphatic heterocycles. The highest BCUT2D eigenvalue weighted by atomic mass is 19.1. The highest BCUT2D eigenvalue weighted by Gasteiger charge is 2.42. The standard InChI is InChI=1S/C12H15FO2/c1-12(14,8-3-4-8)10-7-9(13)5-6-11(10)15-2/h5-8,14H,3-4H2,1-2H3/t12-/m0/s1. The Bertz CT molecular complexity index is 370. The van der Waals surface area contributed by atoms with E-state index < -0.39 is 5.60 Å². The van der Waals surface area contributed by atoms with Gasteiger partial charge in [0.15, 0.2) is 0 Å². The molecule has 82 valence electrons. The summed E-state index contributed by atoms with van der Waals surface area (Å²) in [5.41, 5.74) is -0.430. The van der Waals surface area contributed by atoms with Gasteiger partial charge in [0.05, 0.1) is 12.7 Å². The molecule has 0 unspecified atom stereocenters. The van der Waals surface area contributed by atoms with E-state index in [2.05, 4.69) is 0 Å². The fourth-order valence-corrected chi connectivity index (χ4v) is 1.94. The molecule has 1 saturated carbocycles. The second-order valence-electron chi connectivity index (χ2n) is 4.27. The van der Waals surface area contributed by atoms with Crippen LogP contribution in [0.1, 0.15) is 25.3 Å². The number of ether oxygens (including phenoxy) is 1. The van der Waals surface area contributed by atoms with Gasteiger partial charge in [-0.25, -0.2) is 4.39 Å². The van der Waals surface area contributed by atoms with Crippen LogP contribution in [0.15, 0.2) is 18.2 Å². The quantitative estimate of drug-likeness (QED) is 0.830. The largest absolute Gasteiger partial charge is 0.496 e. The van der Waals surface area contributed by atoms with Gasteiger partial charge >= 0.3 is 0 Å². The number of hydrogen-bond donors (Lipinski definition) is 1. The Balaban J connectivity index is 2.44. The Labute approximate surface area is 88.7 Å². The van der Waals surface area contributed by atoms with E-state index in [4.69, 9.17) is 4.74 Å². The van der Waals surface area contributed by atoms with Crippen LogP contribution in [0.5, 0.6) is 5.75 Å². The lowest BCUT2D eigenvalue weighted by Crippen LogP contribution is -2.24. The van der Waals surface area contributed by atoms with Crippen LogP contribution in [-0.2, 0) is 5.60 Å². The third kappa shape index (κ3) is 1.84. The first kappa shape index (κ1) is 10.4. The number of methoxy groups -OCH3 is 1. The molecule has 15 heavy (non-hydrogen) atoms. The normalized spacial score (nSPS) is 19.7. The topological polar surface area (TPSA) is 29.5 Å². The second kappa shape index (κ2) is 3.49. The zero-order chi connectivity index (χ0) is 11.1. The minimum Gasteiger partial charge on any atom is -0.496 e. The molecule has 1 fully saturated rings. The van der Waals surface area contributed by atoms with E-state index in [9.17, 15) is 9.50 Å². The van der Waals surface area contributed by atoms with Crippen molar-refractivity contribution in [1.29, 1.82) is 0 Å². The third-order valence-corrected chi connectivity index (χ3v) is 3.08. The summed E-state index contributed by atoms with van der Waals surface area (Å²) in [5.74, 6) is 0.438. The van der Waals surface area contributed by atoms with Gasteiger partial charge in [-0.3, -0.25) is 0 Å². The summed E-state index contributed by atoms with van der Waals surface area (Å²) >= 11 is 0. The van der Waals surface area contributed by atoms with E-state index >= 15 is 0 Å². The molecule has 0 bridgehead atoms. The van der Waals surface area contributed by atoms with Crippen LogP contribution in [-0.4, -0.2) is 12.2 Å². The Kier molecular flexibility index (Phi) is 2.43. The van der Waals surface area contributed by atoms with Gasteiger partial charge in [0, 0.05) is 5.56 Å². The molecule has 1 aliphatic rings. The number of aliphatic hydroxyl groups is 1. The average Bonchev–Trinajstić information content (AvgIpc) is 3.01. The van der Waals surface area contributed by atoms with Crippen LogP contribution < -0.4 is 4.74 Å². The second-order valence-corrected chi connectivity index (χ2v) is 4.27. The van der Waals surface area contributed by atoms with Crippen LogP contribution >= 0.6 is 0 Å². The minimum atomic E-state index is -0.979. The van der Waals surface area contributed by atoms with Gasteiger partial charge in [0.1, 0.15) is 11.6 Å². The number of rotatable bonds is 3. The maximum atomic E-state index is 13.1. The van der Waals surface area contributed by atoms with Crippen molar-refractivity contribution in [2.24, 2.45) is 5.92 Å². The van der Waals surface area contributed by atoms with Gasteiger partial charge in [-0.1, -0.05) is 0 Å². The molecule has 1 aromatic carbocycles. The van der Waals surface area contributed by atoms with E-state index in [0.717, 1.165) is 12.8 Å². The summed E-state index contributed by atoms with van der Waals surface area (Å²) in [6.07, 6.45) is 1.99. The Morgan fingerprint density at radius 1 is 1.47 bits per heavy atom. The molecule has 0 saturated heterocycles. The summed E-state index contributed by atoms with van der Waals surface area (Å²) in [6.45, 7) is 1.72. The van der Waals surface area contributed by atoms with Crippen molar-refractivity contribution in [3.05, 3.63) is 29.6 Å². The lowest BCUT2D eigenvalue weighted by atomic mass is 9.90. The number of hydrogen-bond acceptors (Lipinski definition) is 2. The predicted octanol–water partition coefficient (Wildman–Crippen LogP) is 2.45. The van der Waals surface area contributed by atoms with Gasteiger partial charge in [0.25, 0.3) is 0 Å². The van der Waals surface area contributed by atoms with E-state index in [1.807, 2.05) is 0 Å². The van der Waals surface area contributed by atoms with Crippen molar-refractivity contribution in [1.82, 2.24) is 0 Å². The fourth-order valence-electron chi connectivity index (χ4n) is 1.94. The van der Waals surface area contributed by atoms with Crippen LogP contribution in [0.4, 0.5) is 4.39 Å². The third-order valence-electron chi connectivity index (χ3n) is 3.08. The molecule has 0 heterocycles. The van der Waals surface area contributed by atoms with E-state index in [1.54, 1.807) is 13.0 Å². The van der Waals surface area contributed by atoms with Crippen molar-refractivity contribution in [3.63, 3.8) is 0 Å². The Morgan fingerprint density at radius 2 is 2.13 bits per heavy atom. The highest BCUT2D eigenvalue weighted by Crippen LogP contribution is 2.47. The molecule has 1 aromatic rings. The van der Waals surface area contributed by atoms with E-state index in [-0.39, 0.29) is 11.7 Å². The number of benzene rings is 1. The molecule has 1 N–H and O–H groups in total. The molecule has 1 atom stereocenters. The molecule has 0 spiro atoms. The van der Waals surface area contributed by atoms with Crippen molar-refractivity contribution in [2.45, 2.75) is 25.4 Å². The highest BCUT2D eigenvalue weighted by molar-refractivity contribution is 5.39.